The van der Waals surface area contributed by atoms with Gasteiger partial charge in [0.15, 0.2) is 5.16 Å². The molecule has 5 nitrogen and oxygen atoms in total. The van der Waals surface area contributed by atoms with Gasteiger partial charge in [-0.15, -0.1) is 11.3 Å². The number of hydrogen-bond acceptors (Lipinski definition) is 7. The average molecular weight is 513 g/mol. The van der Waals surface area contributed by atoms with E-state index < -0.39 is 5.82 Å². The van der Waals surface area contributed by atoms with Crippen molar-refractivity contribution in [2.75, 3.05) is 11.1 Å². The maximum Gasteiger partial charge on any atom is 0.234 e. The number of nitriles is 1. The normalized spacial score (nSPS) is 10.6. The standard InChI is InChI=1S/C23H14ClFN4OS3/c24-17-11-15(8-9-18(17)25)27-19(30)13-32-23-28-21(14-5-2-1-3-6-14)16(12-26)22(29-23)33-20-7-4-10-31-20/h1-11H,13H2,(H,27,30). The van der Waals surface area contributed by atoms with E-state index in [-0.39, 0.29) is 16.7 Å². The van der Waals surface area contributed by atoms with Crippen molar-refractivity contribution < 1.29 is 9.18 Å². The van der Waals surface area contributed by atoms with E-state index in [9.17, 15) is 14.4 Å². The predicted molar refractivity (Wildman–Crippen MR) is 131 cm³/mol. The number of carbonyl (C=O) groups is 1. The zero-order valence-electron chi connectivity index (χ0n) is 16.8. The van der Waals surface area contributed by atoms with E-state index in [4.69, 9.17) is 11.6 Å². The van der Waals surface area contributed by atoms with Crippen LogP contribution < -0.4 is 5.32 Å². The number of halogens is 2. The number of nitrogens with one attached hydrogen (secondary N) is 1. The van der Waals surface area contributed by atoms with Crippen molar-refractivity contribution in [3.63, 3.8) is 0 Å². The Kier molecular flexibility index (Phi) is 7.62. The van der Waals surface area contributed by atoms with Crippen LogP contribution in [0.25, 0.3) is 11.3 Å². The molecule has 10 heteroatoms. The SMILES string of the molecule is N#Cc1c(Sc2cccs2)nc(SCC(=O)Nc2ccc(F)c(Cl)c2)nc1-c1ccccc1. The zero-order valence-corrected chi connectivity index (χ0v) is 20.0. The van der Waals surface area contributed by atoms with Crippen molar-refractivity contribution in [3.8, 4) is 17.3 Å². The lowest BCUT2D eigenvalue weighted by Crippen LogP contribution is -2.14. The highest BCUT2D eigenvalue weighted by molar-refractivity contribution is 8.01. The summed E-state index contributed by atoms with van der Waals surface area (Å²) in [6.07, 6.45) is 0. The van der Waals surface area contributed by atoms with Crippen LogP contribution in [-0.2, 0) is 4.79 Å². The molecule has 0 unspecified atom stereocenters. The van der Waals surface area contributed by atoms with Gasteiger partial charge < -0.3 is 5.32 Å². The van der Waals surface area contributed by atoms with Crippen molar-refractivity contribution in [1.82, 2.24) is 9.97 Å². The van der Waals surface area contributed by atoms with Crippen LogP contribution in [0.1, 0.15) is 5.56 Å². The van der Waals surface area contributed by atoms with E-state index in [1.165, 1.54) is 30.0 Å². The number of nitrogens with zero attached hydrogens (tertiary/aromatic N) is 3. The zero-order chi connectivity index (χ0) is 23.2. The van der Waals surface area contributed by atoms with Crippen molar-refractivity contribution in [2.45, 2.75) is 14.4 Å². The first kappa shape index (κ1) is 23.3. The fourth-order valence-corrected chi connectivity index (χ4v) is 5.42. The summed E-state index contributed by atoms with van der Waals surface area (Å²) in [6, 6.07) is 19.5. The second kappa shape index (κ2) is 10.8. The topological polar surface area (TPSA) is 78.7 Å². The van der Waals surface area contributed by atoms with Gasteiger partial charge in [0.2, 0.25) is 5.91 Å². The molecule has 0 spiro atoms. The Morgan fingerprint density at radius 2 is 1.97 bits per heavy atom. The highest BCUT2D eigenvalue weighted by atomic mass is 35.5. The molecule has 4 rings (SSSR count). The molecule has 164 valence electrons. The van der Waals surface area contributed by atoms with E-state index >= 15 is 0 Å². The summed E-state index contributed by atoms with van der Waals surface area (Å²) >= 11 is 9.86. The van der Waals surface area contributed by atoms with Gasteiger partial charge >= 0.3 is 0 Å². The van der Waals surface area contributed by atoms with Crippen molar-refractivity contribution in [1.29, 1.82) is 5.26 Å². The van der Waals surface area contributed by atoms with Crippen LogP contribution in [0.5, 0.6) is 0 Å². The van der Waals surface area contributed by atoms with Crippen LogP contribution in [0.3, 0.4) is 0 Å². The molecule has 0 bridgehead atoms. The van der Waals surface area contributed by atoms with E-state index in [2.05, 4.69) is 21.4 Å². The second-order valence-corrected chi connectivity index (χ2v) is 10.1. The largest absolute Gasteiger partial charge is 0.325 e. The maximum absolute atomic E-state index is 13.3. The number of carbonyl (C=O) groups excluding carboxylic acids is 1. The Morgan fingerprint density at radius 1 is 1.15 bits per heavy atom. The van der Waals surface area contributed by atoms with E-state index in [0.717, 1.165) is 21.5 Å². The van der Waals surface area contributed by atoms with Gasteiger partial charge in [0.25, 0.3) is 0 Å². The van der Waals surface area contributed by atoms with Crippen LogP contribution in [-0.4, -0.2) is 21.6 Å². The Hall–Kier alpha value is -2.90. The van der Waals surface area contributed by atoms with Gasteiger partial charge in [0, 0.05) is 11.3 Å². The second-order valence-electron chi connectivity index (χ2n) is 6.51. The Labute approximate surface area is 207 Å². The minimum absolute atomic E-state index is 0.0260. The third-order valence-corrected chi connectivity index (χ3v) is 7.41. The first-order valence-electron chi connectivity index (χ1n) is 9.50. The minimum atomic E-state index is -0.556. The Balaban J connectivity index is 1.59. The van der Waals surface area contributed by atoms with Crippen LogP contribution in [0, 0.1) is 17.1 Å². The van der Waals surface area contributed by atoms with Gasteiger partial charge in [-0.25, -0.2) is 14.4 Å². The molecule has 0 aliphatic rings. The van der Waals surface area contributed by atoms with Crippen molar-refractivity contribution in [2.24, 2.45) is 0 Å². The molecule has 1 N–H and O–H groups in total. The number of rotatable bonds is 7. The molecule has 0 aliphatic carbocycles. The number of benzene rings is 2. The monoisotopic (exact) mass is 512 g/mol. The van der Waals surface area contributed by atoms with E-state index in [0.29, 0.717) is 27.1 Å². The number of amides is 1. The highest BCUT2D eigenvalue weighted by Gasteiger charge is 2.18. The number of hydrogen-bond donors (Lipinski definition) is 1. The molecule has 0 saturated heterocycles. The lowest BCUT2D eigenvalue weighted by Gasteiger charge is -2.11. The number of thioether (sulfide) groups is 1. The summed E-state index contributed by atoms with van der Waals surface area (Å²) < 4.78 is 14.3. The molecule has 2 heterocycles. The van der Waals surface area contributed by atoms with Crippen LogP contribution in [0.4, 0.5) is 10.1 Å². The minimum Gasteiger partial charge on any atom is -0.325 e. The molecular weight excluding hydrogens is 499 g/mol. The summed E-state index contributed by atoms with van der Waals surface area (Å²) in [5, 5.41) is 15.3. The summed E-state index contributed by atoms with van der Waals surface area (Å²) in [5.74, 6) is -0.846. The van der Waals surface area contributed by atoms with Gasteiger partial charge in [-0.2, -0.15) is 5.26 Å². The maximum atomic E-state index is 13.3. The fraction of sp³-hybridized carbons (Fsp3) is 0.0435. The smallest absolute Gasteiger partial charge is 0.234 e. The summed E-state index contributed by atoms with van der Waals surface area (Å²) in [5.41, 5.74) is 2.08. The summed E-state index contributed by atoms with van der Waals surface area (Å²) in [7, 11) is 0. The molecule has 33 heavy (non-hydrogen) atoms. The summed E-state index contributed by atoms with van der Waals surface area (Å²) in [6.45, 7) is 0. The molecule has 0 radical (unpaired) electrons. The van der Waals surface area contributed by atoms with Crippen LogP contribution >= 0.6 is 46.5 Å². The molecular formula is C23H14ClFN4OS3. The summed E-state index contributed by atoms with van der Waals surface area (Å²) in [4.78, 5) is 21.6. The lowest BCUT2D eigenvalue weighted by molar-refractivity contribution is -0.113. The molecule has 0 fully saturated rings. The molecule has 0 atom stereocenters. The van der Waals surface area contributed by atoms with Crippen molar-refractivity contribution in [3.05, 3.63) is 82.4 Å². The van der Waals surface area contributed by atoms with Crippen LogP contribution in [0.2, 0.25) is 5.02 Å². The molecule has 2 aromatic carbocycles. The number of aromatic nitrogens is 2. The van der Waals surface area contributed by atoms with Gasteiger partial charge in [0.05, 0.1) is 20.7 Å². The molecule has 0 saturated carbocycles. The fourth-order valence-electron chi connectivity index (χ4n) is 2.78. The number of thiophene rings is 1. The van der Waals surface area contributed by atoms with Gasteiger partial charge in [-0.1, -0.05) is 71.5 Å². The Bertz CT molecular complexity index is 1330. The van der Waals surface area contributed by atoms with Crippen LogP contribution in [0.15, 0.2) is 80.4 Å². The lowest BCUT2D eigenvalue weighted by atomic mass is 10.1. The third-order valence-electron chi connectivity index (χ3n) is 4.24. The highest BCUT2D eigenvalue weighted by Crippen LogP contribution is 2.36. The average Bonchev–Trinajstić information content (AvgIpc) is 3.33. The van der Waals surface area contributed by atoms with Gasteiger partial charge in [0.1, 0.15) is 22.5 Å². The van der Waals surface area contributed by atoms with E-state index in [1.54, 1.807) is 11.3 Å². The third kappa shape index (κ3) is 5.92. The quantitative estimate of drug-likeness (QED) is 0.167. The molecule has 1 amide bonds. The Morgan fingerprint density at radius 3 is 2.67 bits per heavy atom. The van der Waals surface area contributed by atoms with Gasteiger partial charge in [-0.3, -0.25) is 4.79 Å². The predicted octanol–water partition coefficient (Wildman–Crippen LogP) is 6.75. The first-order valence-corrected chi connectivity index (χ1v) is 12.6. The molecule has 2 aromatic heterocycles. The van der Waals surface area contributed by atoms with E-state index in [1.807, 2.05) is 47.8 Å². The molecule has 4 aromatic rings. The van der Waals surface area contributed by atoms with Crippen molar-refractivity contribution >= 4 is 58.1 Å². The first-order chi connectivity index (χ1) is 16.0. The molecule has 0 aliphatic heterocycles. The number of anilines is 1. The van der Waals surface area contributed by atoms with Gasteiger partial charge in [-0.05, 0) is 29.6 Å².